The minimum Gasteiger partial charge on any atom is -0.481 e. The van der Waals surface area contributed by atoms with Gasteiger partial charge in [0.25, 0.3) is 0 Å². The Labute approximate surface area is 115 Å². The van der Waals surface area contributed by atoms with E-state index < -0.39 is 23.8 Å². The Hall–Kier alpha value is -1.10. The summed E-state index contributed by atoms with van der Waals surface area (Å²) in [7, 11) is 0. The van der Waals surface area contributed by atoms with Gasteiger partial charge in [-0.2, -0.15) is 0 Å². The predicted molar refractivity (Wildman–Crippen MR) is 74.1 cm³/mol. The summed E-state index contributed by atoms with van der Waals surface area (Å²) >= 11 is 0. The van der Waals surface area contributed by atoms with E-state index in [2.05, 4.69) is 19.2 Å². The molecule has 0 amide bonds. The molecule has 0 radical (unpaired) electrons. The summed E-state index contributed by atoms with van der Waals surface area (Å²) in [5.41, 5.74) is 0. The van der Waals surface area contributed by atoms with Crippen LogP contribution in [0.4, 0.5) is 0 Å². The number of carboxylic acids is 2. The SMILES string of the molecule is CC(C(=O)O)C(C(=O)O)C1CCCC1.CCNCC. The van der Waals surface area contributed by atoms with Gasteiger partial charge in [0.1, 0.15) is 0 Å². The third-order valence-corrected chi connectivity index (χ3v) is 3.62. The summed E-state index contributed by atoms with van der Waals surface area (Å²) in [5.74, 6) is -3.42. The van der Waals surface area contributed by atoms with Crippen molar-refractivity contribution >= 4 is 11.9 Å². The maximum Gasteiger partial charge on any atom is 0.307 e. The summed E-state index contributed by atoms with van der Waals surface area (Å²) in [5, 5.41) is 20.9. The molecule has 1 aliphatic rings. The molecule has 0 saturated heterocycles. The van der Waals surface area contributed by atoms with E-state index in [1.54, 1.807) is 0 Å². The highest BCUT2D eigenvalue weighted by Crippen LogP contribution is 2.35. The van der Waals surface area contributed by atoms with Gasteiger partial charge in [0.2, 0.25) is 0 Å². The maximum absolute atomic E-state index is 11.0. The lowest BCUT2D eigenvalue weighted by Gasteiger charge is -2.22. The van der Waals surface area contributed by atoms with E-state index in [4.69, 9.17) is 10.2 Å². The van der Waals surface area contributed by atoms with Crippen LogP contribution >= 0.6 is 0 Å². The highest BCUT2D eigenvalue weighted by atomic mass is 16.4. The zero-order valence-electron chi connectivity index (χ0n) is 12.2. The van der Waals surface area contributed by atoms with Crippen LogP contribution in [0.1, 0.15) is 46.5 Å². The van der Waals surface area contributed by atoms with E-state index in [-0.39, 0.29) is 5.92 Å². The second-order valence-electron chi connectivity index (χ2n) is 4.99. The molecule has 1 fully saturated rings. The zero-order chi connectivity index (χ0) is 14.8. The van der Waals surface area contributed by atoms with E-state index >= 15 is 0 Å². The molecule has 5 heteroatoms. The number of carbonyl (C=O) groups is 2. The van der Waals surface area contributed by atoms with Crippen molar-refractivity contribution in [3.05, 3.63) is 0 Å². The third kappa shape index (κ3) is 6.57. The van der Waals surface area contributed by atoms with Crippen LogP contribution in [0.2, 0.25) is 0 Å². The van der Waals surface area contributed by atoms with Crippen LogP contribution in [-0.4, -0.2) is 35.2 Å². The lowest BCUT2D eigenvalue weighted by molar-refractivity contribution is -0.155. The topological polar surface area (TPSA) is 86.6 Å². The first-order chi connectivity index (χ1) is 8.95. The second-order valence-corrected chi connectivity index (χ2v) is 4.99. The predicted octanol–water partition coefficient (Wildman–Crippen LogP) is 2.21. The van der Waals surface area contributed by atoms with Gasteiger partial charge < -0.3 is 15.5 Å². The van der Waals surface area contributed by atoms with E-state index in [1.807, 2.05) is 0 Å². The molecule has 0 aromatic carbocycles. The molecule has 3 N–H and O–H groups in total. The molecule has 0 aromatic rings. The first kappa shape index (κ1) is 17.9. The van der Waals surface area contributed by atoms with Crippen molar-refractivity contribution in [3.8, 4) is 0 Å². The Balaban J connectivity index is 0.000000555. The number of aliphatic carboxylic acids is 2. The molecule has 112 valence electrons. The van der Waals surface area contributed by atoms with Crippen molar-refractivity contribution in [1.29, 1.82) is 0 Å². The van der Waals surface area contributed by atoms with E-state index in [9.17, 15) is 9.59 Å². The van der Waals surface area contributed by atoms with Gasteiger partial charge in [-0.05, 0) is 31.8 Å². The monoisotopic (exact) mass is 273 g/mol. The second kappa shape index (κ2) is 9.78. The van der Waals surface area contributed by atoms with E-state index in [1.165, 1.54) is 6.92 Å². The molecule has 0 heterocycles. The fraction of sp³-hybridized carbons (Fsp3) is 0.857. The van der Waals surface area contributed by atoms with E-state index in [0.717, 1.165) is 38.8 Å². The number of rotatable bonds is 6. The van der Waals surface area contributed by atoms with Crippen LogP contribution in [0.5, 0.6) is 0 Å². The van der Waals surface area contributed by atoms with Gasteiger partial charge in [-0.1, -0.05) is 33.6 Å². The average Bonchev–Trinajstić information content (AvgIpc) is 2.84. The highest BCUT2D eigenvalue weighted by Gasteiger charge is 2.37. The van der Waals surface area contributed by atoms with Crippen molar-refractivity contribution < 1.29 is 19.8 Å². The molecule has 2 atom stereocenters. The first-order valence-corrected chi connectivity index (χ1v) is 7.11. The fourth-order valence-electron chi connectivity index (χ4n) is 2.54. The van der Waals surface area contributed by atoms with Gasteiger partial charge in [-0.3, -0.25) is 9.59 Å². The summed E-state index contributed by atoms with van der Waals surface area (Å²) < 4.78 is 0. The van der Waals surface area contributed by atoms with Crippen molar-refractivity contribution in [2.45, 2.75) is 46.5 Å². The van der Waals surface area contributed by atoms with Gasteiger partial charge >= 0.3 is 11.9 Å². The Kier molecular flexibility index (Phi) is 9.21. The van der Waals surface area contributed by atoms with Gasteiger partial charge in [0.05, 0.1) is 11.8 Å². The molecule has 0 spiro atoms. The molecule has 19 heavy (non-hydrogen) atoms. The smallest absolute Gasteiger partial charge is 0.307 e. The molecule has 0 aliphatic heterocycles. The molecule has 1 rings (SSSR count). The van der Waals surface area contributed by atoms with Crippen molar-refractivity contribution in [2.24, 2.45) is 17.8 Å². The Bertz CT molecular complexity index is 273. The molecule has 5 nitrogen and oxygen atoms in total. The van der Waals surface area contributed by atoms with Gasteiger partial charge in [-0.25, -0.2) is 0 Å². The van der Waals surface area contributed by atoms with Crippen LogP contribution in [-0.2, 0) is 9.59 Å². The molecule has 0 bridgehead atoms. The van der Waals surface area contributed by atoms with Crippen LogP contribution in [0.25, 0.3) is 0 Å². The van der Waals surface area contributed by atoms with Crippen LogP contribution in [0, 0.1) is 17.8 Å². The van der Waals surface area contributed by atoms with Gasteiger partial charge in [-0.15, -0.1) is 0 Å². The van der Waals surface area contributed by atoms with Crippen LogP contribution in [0.15, 0.2) is 0 Å². The molecule has 2 unspecified atom stereocenters. The Morgan fingerprint density at radius 3 is 1.84 bits per heavy atom. The van der Waals surface area contributed by atoms with Crippen LogP contribution in [0.3, 0.4) is 0 Å². The lowest BCUT2D eigenvalue weighted by Crippen LogP contribution is -2.32. The third-order valence-electron chi connectivity index (χ3n) is 3.62. The number of carboxylic acid groups (broad SMARTS) is 2. The Morgan fingerprint density at radius 1 is 1.11 bits per heavy atom. The number of hydrogen-bond acceptors (Lipinski definition) is 3. The maximum atomic E-state index is 11.0. The number of nitrogens with one attached hydrogen (secondary N) is 1. The van der Waals surface area contributed by atoms with Crippen molar-refractivity contribution in [2.75, 3.05) is 13.1 Å². The summed E-state index contributed by atoms with van der Waals surface area (Å²) in [6.45, 7) is 7.87. The van der Waals surface area contributed by atoms with Crippen LogP contribution < -0.4 is 5.32 Å². The molecular formula is C14H27NO4. The minimum absolute atomic E-state index is 0.0543. The van der Waals surface area contributed by atoms with E-state index in [0.29, 0.717) is 0 Å². The number of hydrogen-bond donors (Lipinski definition) is 3. The highest BCUT2D eigenvalue weighted by molar-refractivity contribution is 5.79. The van der Waals surface area contributed by atoms with Gasteiger partial charge in [0, 0.05) is 0 Å². The summed E-state index contributed by atoms with van der Waals surface area (Å²) in [4.78, 5) is 21.7. The fourth-order valence-corrected chi connectivity index (χ4v) is 2.54. The van der Waals surface area contributed by atoms with Gasteiger partial charge in [0.15, 0.2) is 0 Å². The lowest BCUT2D eigenvalue weighted by atomic mass is 9.81. The molecule has 1 saturated carbocycles. The van der Waals surface area contributed by atoms with Crippen molar-refractivity contribution in [3.63, 3.8) is 0 Å². The zero-order valence-corrected chi connectivity index (χ0v) is 12.2. The molecular weight excluding hydrogens is 246 g/mol. The first-order valence-electron chi connectivity index (χ1n) is 7.11. The molecule has 0 aromatic heterocycles. The normalized spacial score (nSPS) is 18.3. The summed E-state index contributed by atoms with van der Waals surface area (Å²) in [6.07, 6.45) is 3.77. The molecule has 1 aliphatic carbocycles. The Morgan fingerprint density at radius 2 is 1.58 bits per heavy atom. The average molecular weight is 273 g/mol. The standard InChI is InChI=1S/C10H16O4.C4H11N/c1-6(9(11)12)8(10(13)14)7-4-2-3-5-7;1-3-5-4-2/h6-8H,2-5H2,1H3,(H,11,12)(H,13,14);5H,3-4H2,1-2H3. The quantitative estimate of drug-likeness (QED) is 0.690. The van der Waals surface area contributed by atoms with Crippen molar-refractivity contribution in [1.82, 2.24) is 5.32 Å². The minimum atomic E-state index is -1.01. The largest absolute Gasteiger partial charge is 0.481 e. The summed E-state index contributed by atoms with van der Waals surface area (Å²) in [6, 6.07) is 0.